The molecule has 5 nitrogen and oxygen atoms in total. The van der Waals surface area contributed by atoms with E-state index in [1.165, 1.54) is 0 Å². The number of benzene rings is 1. The van der Waals surface area contributed by atoms with E-state index < -0.39 is 5.54 Å². The van der Waals surface area contributed by atoms with Gasteiger partial charge in [-0.2, -0.15) is 0 Å². The number of carbonyl (C=O) groups excluding carboxylic acids is 1. The van der Waals surface area contributed by atoms with Crippen LogP contribution in [-0.2, 0) is 11.3 Å². The Bertz CT molecular complexity index is 496. The number of methoxy groups -OCH3 is 1. The minimum absolute atomic E-state index is 0.0622. The van der Waals surface area contributed by atoms with Gasteiger partial charge < -0.3 is 20.5 Å². The highest BCUT2D eigenvalue weighted by Crippen LogP contribution is 2.29. The molecule has 1 aliphatic carbocycles. The summed E-state index contributed by atoms with van der Waals surface area (Å²) in [6.07, 6.45) is 3.60. The molecule has 1 fully saturated rings. The van der Waals surface area contributed by atoms with Crippen molar-refractivity contribution in [3.05, 3.63) is 23.8 Å². The van der Waals surface area contributed by atoms with Gasteiger partial charge in [0.1, 0.15) is 0 Å². The second-order valence-electron chi connectivity index (χ2n) is 5.46. The van der Waals surface area contributed by atoms with Crippen LogP contribution >= 0.6 is 0 Å². The summed E-state index contributed by atoms with van der Waals surface area (Å²) in [7, 11) is 1.60. The van der Waals surface area contributed by atoms with Crippen molar-refractivity contribution in [3.63, 3.8) is 0 Å². The minimum atomic E-state index is -0.685. The summed E-state index contributed by atoms with van der Waals surface area (Å²) in [6.45, 7) is 2.96. The van der Waals surface area contributed by atoms with E-state index >= 15 is 0 Å². The molecule has 0 heterocycles. The highest BCUT2D eigenvalue weighted by atomic mass is 16.5. The van der Waals surface area contributed by atoms with Gasteiger partial charge in [0.15, 0.2) is 11.5 Å². The van der Waals surface area contributed by atoms with E-state index in [9.17, 15) is 4.79 Å². The Balaban J connectivity index is 1.98. The summed E-state index contributed by atoms with van der Waals surface area (Å²) in [5.41, 5.74) is 6.41. The molecule has 1 aromatic carbocycles. The van der Waals surface area contributed by atoms with Crippen LogP contribution in [0.15, 0.2) is 18.2 Å². The van der Waals surface area contributed by atoms with Crippen molar-refractivity contribution in [3.8, 4) is 11.5 Å². The van der Waals surface area contributed by atoms with Crippen molar-refractivity contribution < 1.29 is 14.3 Å². The van der Waals surface area contributed by atoms with Gasteiger partial charge in [-0.25, -0.2) is 0 Å². The Morgan fingerprint density at radius 2 is 2.05 bits per heavy atom. The molecule has 2 rings (SSSR count). The second-order valence-corrected chi connectivity index (χ2v) is 5.46. The van der Waals surface area contributed by atoms with Crippen molar-refractivity contribution in [2.45, 2.75) is 44.7 Å². The van der Waals surface area contributed by atoms with Gasteiger partial charge in [0.25, 0.3) is 0 Å². The van der Waals surface area contributed by atoms with E-state index in [2.05, 4.69) is 5.32 Å². The molecule has 0 aliphatic heterocycles. The number of carbonyl (C=O) groups is 1. The number of hydrogen-bond acceptors (Lipinski definition) is 4. The van der Waals surface area contributed by atoms with Gasteiger partial charge in [-0.05, 0) is 37.5 Å². The van der Waals surface area contributed by atoms with Crippen molar-refractivity contribution >= 4 is 5.91 Å². The van der Waals surface area contributed by atoms with E-state index in [1.54, 1.807) is 7.11 Å². The molecule has 0 saturated heterocycles. The Morgan fingerprint density at radius 1 is 1.33 bits per heavy atom. The van der Waals surface area contributed by atoms with Gasteiger partial charge >= 0.3 is 0 Å². The van der Waals surface area contributed by atoms with Crippen molar-refractivity contribution in [1.82, 2.24) is 5.32 Å². The number of nitrogens with one attached hydrogen (secondary N) is 1. The van der Waals surface area contributed by atoms with E-state index in [1.807, 2.05) is 25.1 Å². The lowest BCUT2D eigenvalue weighted by atomic mass is 9.98. The summed E-state index contributed by atoms with van der Waals surface area (Å²) in [4.78, 5) is 12.2. The third kappa shape index (κ3) is 3.67. The van der Waals surface area contributed by atoms with Crippen molar-refractivity contribution in [2.75, 3.05) is 13.7 Å². The second kappa shape index (κ2) is 6.80. The highest BCUT2D eigenvalue weighted by molar-refractivity contribution is 5.86. The SMILES string of the molecule is CCOc1ccc(CNC(=O)C2(N)CCCC2)cc1OC. The molecule has 1 aliphatic rings. The predicted octanol–water partition coefficient (Wildman–Crippen LogP) is 1.98. The first-order chi connectivity index (χ1) is 10.1. The molecular formula is C16H24N2O3. The minimum Gasteiger partial charge on any atom is -0.493 e. The molecule has 0 aromatic heterocycles. The molecule has 3 N–H and O–H groups in total. The zero-order valence-electron chi connectivity index (χ0n) is 12.8. The molecular weight excluding hydrogens is 268 g/mol. The quantitative estimate of drug-likeness (QED) is 0.841. The third-order valence-electron chi connectivity index (χ3n) is 3.93. The number of nitrogens with two attached hydrogens (primary N) is 1. The summed E-state index contributed by atoms with van der Waals surface area (Å²) < 4.78 is 10.8. The molecule has 5 heteroatoms. The number of amides is 1. The van der Waals surface area contributed by atoms with Crippen molar-refractivity contribution in [2.24, 2.45) is 5.73 Å². The van der Waals surface area contributed by atoms with E-state index in [0.29, 0.717) is 24.7 Å². The van der Waals surface area contributed by atoms with Gasteiger partial charge in [-0.1, -0.05) is 18.9 Å². The van der Waals surface area contributed by atoms with Gasteiger partial charge in [0, 0.05) is 6.54 Å². The average Bonchev–Trinajstić information content (AvgIpc) is 2.94. The molecule has 0 bridgehead atoms. The summed E-state index contributed by atoms with van der Waals surface area (Å²) in [5, 5.41) is 2.92. The molecule has 0 spiro atoms. The normalized spacial score (nSPS) is 16.5. The van der Waals surface area contributed by atoms with Crippen LogP contribution in [0.4, 0.5) is 0 Å². The molecule has 1 saturated carbocycles. The van der Waals surface area contributed by atoms with Crippen LogP contribution in [0.1, 0.15) is 38.2 Å². The zero-order chi connectivity index (χ0) is 15.3. The maximum absolute atomic E-state index is 12.2. The van der Waals surface area contributed by atoms with Gasteiger partial charge in [-0.3, -0.25) is 4.79 Å². The van der Waals surface area contributed by atoms with E-state index in [-0.39, 0.29) is 5.91 Å². The Hall–Kier alpha value is -1.75. The largest absolute Gasteiger partial charge is 0.493 e. The van der Waals surface area contributed by atoms with Crippen LogP contribution in [0, 0.1) is 0 Å². The monoisotopic (exact) mass is 292 g/mol. The van der Waals surface area contributed by atoms with Crippen LogP contribution in [-0.4, -0.2) is 25.2 Å². The first-order valence-corrected chi connectivity index (χ1v) is 7.46. The first-order valence-electron chi connectivity index (χ1n) is 7.46. The summed E-state index contributed by atoms with van der Waals surface area (Å²) >= 11 is 0. The lowest BCUT2D eigenvalue weighted by Gasteiger charge is -2.22. The lowest BCUT2D eigenvalue weighted by Crippen LogP contribution is -2.51. The Morgan fingerprint density at radius 3 is 2.67 bits per heavy atom. The fourth-order valence-corrected chi connectivity index (χ4v) is 2.69. The number of hydrogen-bond donors (Lipinski definition) is 2. The van der Waals surface area contributed by atoms with Crippen LogP contribution < -0.4 is 20.5 Å². The maximum atomic E-state index is 12.2. The first kappa shape index (κ1) is 15.6. The summed E-state index contributed by atoms with van der Waals surface area (Å²) in [6, 6.07) is 5.66. The molecule has 0 radical (unpaired) electrons. The standard InChI is InChI=1S/C16H24N2O3/c1-3-21-13-7-6-12(10-14(13)20-2)11-18-15(19)16(17)8-4-5-9-16/h6-7,10H,3-5,8-9,11,17H2,1-2H3,(H,18,19). The molecule has 0 unspecified atom stereocenters. The van der Waals surface area contributed by atoms with Gasteiger partial charge in [-0.15, -0.1) is 0 Å². The molecule has 0 atom stereocenters. The Labute approximate surface area is 125 Å². The average molecular weight is 292 g/mol. The lowest BCUT2D eigenvalue weighted by molar-refractivity contribution is -0.126. The zero-order valence-corrected chi connectivity index (χ0v) is 12.8. The van der Waals surface area contributed by atoms with E-state index in [4.69, 9.17) is 15.2 Å². The topological polar surface area (TPSA) is 73.6 Å². The molecule has 116 valence electrons. The Kier molecular flexibility index (Phi) is 5.07. The molecule has 1 amide bonds. The molecule has 1 aromatic rings. The van der Waals surface area contributed by atoms with Crippen LogP contribution in [0.2, 0.25) is 0 Å². The van der Waals surface area contributed by atoms with Crippen LogP contribution in [0.3, 0.4) is 0 Å². The van der Waals surface area contributed by atoms with Crippen LogP contribution in [0.5, 0.6) is 11.5 Å². The van der Waals surface area contributed by atoms with Crippen molar-refractivity contribution in [1.29, 1.82) is 0 Å². The molecule has 21 heavy (non-hydrogen) atoms. The number of rotatable bonds is 6. The maximum Gasteiger partial charge on any atom is 0.240 e. The van der Waals surface area contributed by atoms with Gasteiger partial charge in [0.2, 0.25) is 5.91 Å². The van der Waals surface area contributed by atoms with Crippen LogP contribution in [0.25, 0.3) is 0 Å². The predicted molar refractivity (Wildman–Crippen MR) is 81.4 cm³/mol. The van der Waals surface area contributed by atoms with Gasteiger partial charge in [0.05, 0.1) is 19.3 Å². The fourth-order valence-electron chi connectivity index (χ4n) is 2.69. The summed E-state index contributed by atoms with van der Waals surface area (Å²) in [5.74, 6) is 1.32. The smallest absolute Gasteiger partial charge is 0.240 e. The van der Waals surface area contributed by atoms with E-state index in [0.717, 1.165) is 31.2 Å². The number of ether oxygens (including phenoxy) is 2. The highest BCUT2D eigenvalue weighted by Gasteiger charge is 2.36. The fraction of sp³-hybridized carbons (Fsp3) is 0.562. The third-order valence-corrected chi connectivity index (χ3v) is 3.93.